The Labute approximate surface area is 116 Å². The Hall–Kier alpha value is -0.340. The smallest absolute Gasteiger partial charge is 0.0102 e. The molecule has 1 fully saturated rings. The molecule has 1 N–H and O–H groups in total. The molecule has 0 saturated heterocycles. The third-order valence-corrected chi connectivity index (χ3v) is 5.93. The number of hydrogen-bond acceptors (Lipinski definition) is 2. The van der Waals surface area contributed by atoms with Gasteiger partial charge in [-0.1, -0.05) is 41.5 Å². The highest BCUT2D eigenvalue weighted by Crippen LogP contribution is 2.65. The van der Waals surface area contributed by atoms with Crippen molar-refractivity contribution >= 4 is 11.3 Å². The van der Waals surface area contributed by atoms with Gasteiger partial charge in [0.15, 0.2) is 0 Å². The predicted octanol–water partition coefficient (Wildman–Crippen LogP) is 4.39. The summed E-state index contributed by atoms with van der Waals surface area (Å²) in [5, 5.41) is 3.51. The molecule has 1 aliphatic carbocycles. The van der Waals surface area contributed by atoms with Crippen molar-refractivity contribution in [3.63, 3.8) is 0 Å². The van der Waals surface area contributed by atoms with Crippen molar-refractivity contribution in [2.75, 3.05) is 13.1 Å². The minimum absolute atomic E-state index is 0.291. The van der Waals surface area contributed by atoms with Crippen molar-refractivity contribution in [2.24, 2.45) is 11.3 Å². The van der Waals surface area contributed by atoms with Gasteiger partial charge in [-0.25, -0.2) is 0 Å². The summed E-state index contributed by atoms with van der Waals surface area (Å²) in [7, 11) is 0. The fraction of sp³-hybridized carbons (Fsp3) is 0.750. The molecular weight excluding hydrogens is 238 g/mol. The molecule has 1 heterocycles. The molecule has 2 rings (SSSR count). The molecule has 1 aromatic heterocycles. The Morgan fingerprint density at radius 3 is 2.44 bits per heavy atom. The topological polar surface area (TPSA) is 12.0 Å². The first kappa shape index (κ1) is 14.1. The Balaban J connectivity index is 2.11. The zero-order valence-corrected chi connectivity index (χ0v) is 13.4. The van der Waals surface area contributed by atoms with Crippen LogP contribution in [0.4, 0.5) is 0 Å². The van der Waals surface area contributed by atoms with Crippen LogP contribution in [-0.2, 0) is 5.41 Å². The van der Waals surface area contributed by atoms with E-state index in [1.165, 1.54) is 4.88 Å². The molecule has 2 atom stereocenters. The van der Waals surface area contributed by atoms with Crippen molar-refractivity contribution in [1.29, 1.82) is 0 Å². The molecule has 18 heavy (non-hydrogen) atoms. The molecule has 0 spiro atoms. The van der Waals surface area contributed by atoms with E-state index in [1.807, 2.05) is 11.3 Å². The van der Waals surface area contributed by atoms with Crippen LogP contribution in [0, 0.1) is 11.3 Å². The van der Waals surface area contributed by atoms with Gasteiger partial charge in [0.25, 0.3) is 0 Å². The van der Waals surface area contributed by atoms with Crippen LogP contribution in [0.3, 0.4) is 0 Å². The van der Waals surface area contributed by atoms with E-state index in [1.54, 1.807) is 4.88 Å². The number of rotatable bonds is 4. The molecule has 0 aromatic carbocycles. The molecule has 1 nitrogen and oxygen atoms in total. The Bertz CT molecular complexity index is 411. The van der Waals surface area contributed by atoms with Crippen molar-refractivity contribution < 1.29 is 0 Å². The summed E-state index contributed by atoms with van der Waals surface area (Å²) < 4.78 is 0. The van der Waals surface area contributed by atoms with Crippen LogP contribution in [0.2, 0.25) is 0 Å². The standard InChI is InChI=1S/C16H27NS/c1-7-17-10-11-14(16(11,5)6)12-8-9-13(18-12)15(2,3)4/h8-9,11,14,17H,7,10H2,1-6H3. The molecular formula is C16H27NS. The first-order valence-electron chi connectivity index (χ1n) is 7.09. The van der Waals surface area contributed by atoms with Crippen LogP contribution < -0.4 is 5.32 Å². The molecule has 1 aliphatic rings. The highest BCUT2D eigenvalue weighted by Gasteiger charge is 2.58. The van der Waals surface area contributed by atoms with Crippen LogP contribution in [0.5, 0.6) is 0 Å². The lowest BCUT2D eigenvalue weighted by Crippen LogP contribution is -2.17. The minimum atomic E-state index is 0.291. The highest BCUT2D eigenvalue weighted by molar-refractivity contribution is 7.12. The van der Waals surface area contributed by atoms with E-state index in [2.05, 4.69) is 59.0 Å². The minimum Gasteiger partial charge on any atom is -0.317 e. The van der Waals surface area contributed by atoms with Crippen LogP contribution in [-0.4, -0.2) is 13.1 Å². The van der Waals surface area contributed by atoms with E-state index in [4.69, 9.17) is 0 Å². The second kappa shape index (κ2) is 4.64. The Morgan fingerprint density at radius 2 is 1.94 bits per heavy atom. The normalized spacial score (nSPS) is 26.3. The summed E-state index contributed by atoms with van der Waals surface area (Å²) in [6.07, 6.45) is 0. The van der Waals surface area contributed by atoms with Crippen LogP contribution in [0.25, 0.3) is 0 Å². The van der Waals surface area contributed by atoms with Gasteiger partial charge in [0.05, 0.1) is 0 Å². The van der Waals surface area contributed by atoms with Gasteiger partial charge in [-0.3, -0.25) is 0 Å². The molecule has 0 radical (unpaired) electrons. The summed E-state index contributed by atoms with van der Waals surface area (Å²) in [6, 6.07) is 4.70. The van der Waals surface area contributed by atoms with Crippen LogP contribution >= 0.6 is 11.3 Å². The predicted molar refractivity (Wildman–Crippen MR) is 81.6 cm³/mol. The molecule has 0 bridgehead atoms. The lowest BCUT2D eigenvalue weighted by atomic mass is 9.95. The quantitative estimate of drug-likeness (QED) is 0.851. The van der Waals surface area contributed by atoms with Crippen LogP contribution in [0.15, 0.2) is 12.1 Å². The largest absolute Gasteiger partial charge is 0.317 e. The van der Waals surface area contributed by atoms with E-state index in [-0.39, 0.29) is 0 Å². The van der Waals surface area contributed by atoms with E-state index in [0.29, 0.717) is 10.8 Å². The van der Waals surface area contributed by atoms with Crippen molar-refractivity contribution in [3.05, 3.63) is 21.9 Å². The van der Waals surface area contributed by atoms with Gasteiger partial charge >= 0.3 is 0 Å². The second-order valence-electron chi connectivity index (χ2n) is 7.17. The number of thiophene rings is 1. The van der Waals surface area contributed by atoms with Gasteiger partial charge in [0.2, 0.25) is 0 Å². The second-order valence-corrected chi connectivity index (χ2v) is 8.28. The number of hydrogen-bond donors (Lipinski definition) is 1. The van der Waals surface area contributed by atoms with Gasteiger partial charge in [0.1, 0.15) is 0 Å². The molecule has 1 saturated carbocycles. The number of nitrogens with one attached hydrogen (secondary N) is 1. The summed E-state index contributed by atoms with van der Waals surface area (Å²) in [5.74, 6) is 1.57. The lowest BCUT2D eigenvalue weighted by molar-refractivity contribution is 0.525. The van der Waals surface area contributed by atoms with Gasteiger partial charge in [-0.2, -0.15) is 0 Å². The summed E-state index contributed by atoms with van der Waals surface area (Å²) in [5.41, 5.74) is 0.765. The van der Waals surface area contributed by atoms with E-state index >= 15 is 0 Å². The molecule has 2 heteroatoms. The van der Waals surface area contributed by atoms with Gasteiger partial charge < -0.3 is 5.32 Å². The maximum Gasteiger partial charge on any atom is 0.0102 e. The van der Waals surface area contributed by atoms with Gasteiger partial charge in [-0.15, -0.1) is 11.3 Å². The van der Waals surface area contributed by atoms with E-state index in [0.717, 1.165) is 24.9 Å². The summed E-state index contributed by atoms with van der Waals surface area (Å²) in [6.45, 7) is 16.2. The van der Waals surface area contributed by atoms with E-state index < -0.39 is 0 Å². The van der Waals surface area contributed by atoms with Crippen molar-refractivity contribution in [2.45, 2.75) is 52.9 Å². The summed E-state index contributed by atoms with van der Waals surface area (Å²) in [4.78, 5) is 3.11. The monoisotopic (exact) mass is 265 g/mol. The zero-order valence-electron chi connectivity index (χ0n) is 12.6. The Morgan fingerprint density at radius 1 is 1.28 bits per heavy atom. The molecule has 102 valence electrons. The third kappa shape index (κ3) is 2.50. The Kier molecular flexibility index (Phi) is 3.63. The average molecular weight is 265 g/mol. The molecule has 0 aliphatic heterocycles. The highest BCUT2D eigenvalue weighted by atomic mass is 32.1. The zero-order chi connectivity index (χ0) is 13.6. The van der Waals surface area contributed by atoms with Gasteiger partial charge in [-0.05, 0) is 42.0 Å². The van der Waals surface area contributed by atoms with Gasteiger partial charge in [0, 0.05) is 15.7 Å². The first-order chi connectivity index (χ1) is 8.28. The van der Waals surface area contributed by atoms with Crippen molar-refractivity contribution in [3.8, 4) is 0 Å². The molecule has 1 aromatic rings. The van der Waals surface area contributed by atoms with E-state index in [9.17, 15) is 0 Å². The molecule has 2 unspecified atom stereocenters. The maximum absolute atomic E-state index is 3.51. The SMILES string of the molecule is CCNCC1C(c2ccc(C(C)(C)C)s2)C1(C)C. The maximum atomic E-state index is 3.51. The average Bonchev–Trinajstić information content (AvgIpc) is 2.66. The summed E-state index contributed by atoms with van der Waals surface area (Å²) >= 11 is 2.02. The fourth-order valence-corrected chi connectivity index (χ4v) is 4.34. The van der Waals surface area contributed by atoms with Crippen LogP contribution in [0.1, 0.15) is 57.2 Å². The molecule has 0 amide bonds. The van der Waals surface area contributed by atoms with Crippen molar-refractivity contribution in [1.82, 2.24) is 5.32 Å². The first-order valence-corrected chi connectivity index (χ1v) is 7.91. The fourth-order valence-electron chi connectivity index (χ4n) is 2.91. The lowest BCUT2D eigenvalue weighted by Gasteiger charge is -2.15. The third-order valence-electron chi connectivity index (χ3n) is 4.34.